The van der Waals surface area contributed by atoms with E-state index in [1.807, 2.05) is 18.2 Å². The van der Waals surface area contributed by atoms with Crippen molar-refractivity contribution in [3.8, 4) is 5.75 Å². The van der Waals surface area contributed by atoms with Crippen LogP contribution in [0.2, 0.25) is 0 Å². The summed E-state index contributed by atoms with van der Waals surface area (Å²) >= 11 is 0. The summed E-state index contributed by atoms with van der Waals surface area (Å²) in [4.78, 5) is 15.2. The lowest BCUT2D eigenvalue weighted by molar-refractivity contribution is -0.110. The first-order valence-corrected chi connectivity index (χ1v) is 11.7. The number of halogens is 1. The molecule has 1 amide bonds. The van der Waals surface area contributed by atoms with Crippen LogP contribution in [0.5, 0.6) is 5.75 Å². The number of hydrogen-bond acceptors (Lipinski definition) is 5. The molecule has 1 N–H and O–H groups in total. The molecule has 1 fully saturated rings. The fraction of sp³-hybridized carbons (Fsp3) is 0.423. The van der Waals surface area contributed by atoms with Crippen LogP contribution in [0.25, 0.3) is 11.3 Å². The summed E-state index contributed by atoms with van der Waals surface area (Å²) in [5.41, 5.74) is 2.84. The van der Waals surface area contributed by atoms with Gasteiger partial charge in [-0.05, 0) is 49.2 Å². The summed E-state index contributed by atoms with van der Waals surface area (Å²) in [5, 5.41) is 2.83. The number of ether oxygens (including phenoxy) is 3. The van der Waals surface area contributed by atoms with E-state index in [-0.39, 0.29) is 11.7 Å². The van der Waals surface area contributed by atoms with Crippen molar-refractivity contribution in [3.63, 3.8) is 0 Å². The SMILES string of the molecule is CCC1(CC)OC(=C2C(=O)Nc3ccc(F)cc32)c2ccc(OCCN3CCOCC3)cc21. The highest BCUT2D eigenvalue weighted by Gasteiger charge is 2.44. The molecule has 2 aromatic rings. The topological polar surface area (TPSA) is 60.0 Å². The van der Waals surface area contributed by atoms with E-state index in [4.69, 9.17) is 14.2 Å². The molecule has 3 aliphatic heterocycles. The van der Waals surface area contributed by atoms with Crippen LogP contribution in [0.4, 0.5) is 10.1 Å². The smallest absolute Gasteiger partial charge is 0.260 e. The quantitative estimate of drug-likeness (QED) is 0.659. The second kappa shape index (κ2) is 8.80. The van der Waals surface area contributed by atoms with Crippen LogP contribution in [0.3, 0.4) is 0 Å². The van der Waals surface area contributed by atoms with E-state index in [0.717, 1.165) is 62.6 Å². The third kappa shape index (κ3) is 3.89. The molecule has 5 rings (SSSR count). The fourth-order valence-electron chi connectivity index (χ4n) is 4.94. The number of morpholine rings is 1. The molecular weight excluding hydrogens is 423 g/mol. The Morgan fingerprint density at radius 1 is 1.09 bits per heavy atom. The van der Waals surface area contributed by atoms with Crippen molar-refractivity contribution in [1.29, 1.82) is 0 Å². The van der Waals surface area contributed by atoms with E-state index in [2.05, 4.69) is 24.1 Å². The van der Waals surface area contributed by atoms with E-state index < -0.39 is 5.60 Å². The number of benzene rings is 2. The van der Waals surface area contributed by atoms with Crippen molar-refractivity contribution < 1.29 is 23.4 Å². The van der Waals surface area contributed by atoms with Gasteiger partial charge in [-0.3, -0.25) is 9.69 Å². The van der Waals surface area contributed by atoms with Gasteiger partial charge in [0, 0.05) is 42.0 Å². The third-order valence-electron chi connectivity index (χ3n) is 6.90. The van der Waals surface area contributed by atoms with Gasteiger partial charge in [-0.25, -0.2) is 4.39 Å². The van der Waals surface area contributed by atoms with Crippen molar-refractivity contribution in [3.05, 3.63) is 58.9 Å². The Morgan fingerprint density at radius 3 is 2.64 bits per heavy atom. The Bertz CT molecular complexity index is 1100. The first-order valence-electron chi connectivity index (χ1n) is 11.7. The molecule has 1 saturated heterocycles. The number of anilines is 1. The van der Waals surface area contributed by atoms with Gasteiger partial charge in [0.1, 0.15) is 29.5 Å². The minimum absolute atomic E-state index is 0.273. The van der Waals surface area contributed by atoms with Crippen LogP contribution in [-0.2, 0) is 19.9 Å². The lowest BCUT2D eigenvalue weighted by Crippen LogP contribution is -2.38. The molecule has 0 saturated carbocycles. The maximum Gasteiger partial charge on any atom is 0.260 e. The minimum Gasteiger partial charge on any atom is -0.492 e. The Hall–Kier alpha value is -2.90. The predicted molar refractivity (Wildman–Crippen MR) is 124 cm³/mol. The molecule has 3 heterocycles. The lowest BCUT2D eigenvalue weighted by Gasteiger charge is -2.28. The molecular formula is C26H29FN2O4. The van der Waals surface area contributed by atoms with Gasteiger partial charge >= 0.3 is 0 Å². The van der Waals surface area contributed by atoms with Crippen molar-refractivity contribution in [2.75, 3.05) is 44.8 Å². The van der Waals surface area contributed by atoms with Crippen molar-refractivity contribution >= 4 is 22.9 Å². The average Bonchev–Trinajstić information content (AvgIpc) is 3.33. The molecule has 0 aliphatic carbocycles. The van der Waals surface area contributed by atoms with Crippen molar-refractivity contribution in [2.24, 2.45) is 0 Å². The van der Waals surface area contributed by atoms with E-state index in [0.29, 0.717) is 29.2 Å². The minimum atomic E-state index is -0.558. The Morgan fingerprint density at radius 2 is 1.88 bits per heavy atom. The van der Waals surface area contributed by atoms with Crippen LogP contribution in [0.15, 0.2) is 36.4 Å². The van der Waals surface area contributed by atoms with E-state index in [9.17, 15) is 9.18 Å². The van der Waals surface area contributed by atoms with E-state index >= 15 is 0 Å². The van der Waals surface area contributed by atoms with Crippen molar-refractivity contribution in [2.45, 2.75) is 32.3 Å². The van der Waals surface area contributed by atoms with Gasteiger partial charge in [-0.15, -0.1) is 0 Å². The maximum absolute atomic E-state index is 14.0. The van der Waals surface area contributed by atoms with Gasteiger partial charge in [0.25, 0.3) is 5.91 Å². The second-order valence-electron chi connectivity index (χ2n) is 8.66. The zero-order valence-corrected chi connectivity index (χ0v) is 19.1. The van der Waals surface area contributed by atoms with Crippen LogP contribution >= 0.6 is 0 Å². The summed E-state index contributed by atoms with van der Waals surface area (Å²) < 4.78 is 32.0. The number of rotatable bonds is 6. The van der Waals surface area contributed by atoms with Crippen LogP contribution in [0.1, 0.15) is 43.4 Å². The molecule has 0 spiro atoms. The molecule has 3 aliphatic rings. The number of amides is 1. The molecule has 0 atom stereocenters. The first kappa shape index (κ1) is 21.9. The number of nitrogens with zero attached hydrogens (tertiary/aromatic N) is 1. The highest BCUT2D eigenvalue weighted by atomic mass is 19.1. The number of carbonyl (C=O) groups excluding carboxylic acids is 1. The Kier molecular flexibility index (Phi) is 5.85. The summed E-state index contributed by atoms with van der Waals surface area (Å²) in [6.07, 6.45) is 1.48. The normalized spacial score (nSPS) is 21.4. The van der Waals surface area contributed by atoms with Gasteiger partial charge in [0.05, 0.1) is 18.8 Å². The van der Waals surface area contributed by atoms with Gasteiger partial charge in [-0.2, -0.15) is 0 Å². The Balaban J connectivity index is 1.48. The molecule has 174 valence electrons. The standard InChI is InChI=1S/C26H29FN2O4/c1-3-26(4-2)21-16-18(32-14-11-29-9-12-31-13-10-29)6-7-19(21)24(33-26)23-20-15-17(27)5-8-22(20)28-25(23)30/h5-8,15-16H,3-4,9-14H2,1-2H3,(H,28,30). The first-order chi connectivity index (χ1) is 16.0. The monoisotopic (exact) mass is 452 g/mol. The highest BCUT2D eigenvalue weighted by Crippen LogP contribution is 2.52. The average molecular weight is 453 g/mol. The molecule has 0 unspecified atom stereocenters. The summed E-state index contributed by atoms with van der Waals surface area (Å²) in [7, 11) is 0. The molecule has 0 aromatic heterocycles. The number of carbonyl (C=O) groups is 1. The predicted octanol–water partition coefficient (Wildman–Crippen LogP) is 4.40. The van der Waals surface area contributed by atoms with E-state index in [1.165, 1.54) is 12.1 Å². The van der Waals surface area contributed by atoms with Gasteiger partial charge < -0.3 is 19.5 Å². The van der Waals surface area contributed by atoms with E-state index in [1.54, 1.807) is 6.07 Å². The molecule has 6 nitrogen and oxygen atoms in total. The third-order valence-corrected chi connectivity index (χ3v) is 6.90. The van der Waals surface area contributed by atoms with Crippen LogP contribution in [0, 0.1) is 5.82 Å². The van der Waals surface area contributed by atoms with Gasteiger partial charge in [0.2, 0.25) is 0 Å². The van der Waals surface area contributed by atoms with Gasteiger partial charge in [-0.1, -0.05) is 13.8 Å². The molecule has 33 heavy (non-hydrogen) atoms. The van der Waals surface area contributed by atoms with Gasteiger partial charge in [0.15, 0.2) is 0 Å². The Labute approximate surface area is 193 Å². The largest absolute Gasteiger partial charge is 0.492 e. The number of nitrogens with one attached hydrogen (secondary N) is 1. The summed E-state index contributed by atoms with van der Waals surface area (Å²) in [6, 6.07) is 10.2. The van der Waals surface area contributed by atoms with Crippen LogP contribution < -0.4 is 10.1 Å². The zero-order chi connectivity index (χ0) is 23.0. The second-order valence-corrected chi connectivity index (χ2v) is 8.66. The highest BCUT2D eigenvalue weighted by molar-refractivity contribution is 6.36. The number of hydrogen-bond donors (Lipinski definition) is 1. The molecule has 2 aromatic carbocycles. The fourth-order valence-corrected chi connectivity index (χ4v) is 4.94. The number of fused-ring (bicyclic) bond motifs is 2. The zero-order valence-electron chi connectivity index (χ0n) is 19.1. The van der Waals surface area contributed by atoms with Crippen LogP contribution in [-0.4, -0.2) is 50.3 Å². The molecule has 7 heteroatoms. The lowest BCUT2D eigenvalue weighted by atomic mass is 9.87. The molecule has 0 bridgehead atoms. The summed E-state index contributed by atoms with van der Waals surface area (Å²) in [6.45, 7) is 8.99. The van der Waals surface area contributed by atoms with Crippen molar-refractivity contribution in [1.82, 2.24) is 4.90 Å². The maximum atomic E-state index is 14.0. The molecule has 0 radical (unpaired) electrons. The summed E-state index contributed by atoms with van der Waals surface area (Å²) in [5.74, 6) is 0.633.